The summed E-state index contributed by atoms with van der Waals surface area (Å²) in [6, 6.07) is 24.4. The molecule has 0 atom stereocenters. The van der Waals surface area contributed by atoms with Gasteiger partial charge in [-0.2, -0.15) is 10.5 Å². The van der Waals surface area contributed by atoms with Crippen molar-refractivity contribution in [1.29, 1.82) is 10.5 Å². The Bertz CT molecular complexity index is 1560. The molecule has 0 spiro atoms. The SMILES string of the molecule is N#CC(C#N)=C1C=C(c2ccccc2)OC2=C1CCC/C2=C\c1sc(N2CCCC2)nc1-c1ccccc1. The van der Waals surface area contributed by atoms with Gasteiger partial charge in [0.05, 0.1) is 10.6 Å². The molecule has 0 N–H and O–H groups in total. The molecule has 1 fully saturated rings. The summed E-state index contributed by atoms with van der Waals surface area (Å²) in [5.41, 5.74) is 5.80. The first-order valence-corrected chi connectivity index (χ1v) is 13.8. The number of thiazole rings is 1. The summed E-state index contributed by atoms with van der Waals surface area (Å²) >= 11 is 1.73. The monoisotopic (exact) mass is 514 g/mol. The van der Waals surface area contributed by atoms with Crippen LogP contribution in [0, 0.1) is 22.7 Å². The maximum atomic E-state index is 9.75. The van der Waals surface area contributed by atoms with Crippen LogP contribution in [0.2, 0.25) is 0 Å². The van der Waals surface area contributed by atoms with E-state index in [4.69, 9.17) is 9.72 Å². The normalized spacial score (nSPS) is 17.9. The molecule has 1 saturated heterocycles. The van der Waals surface area contributed by atoms with Gasteiger partial charge in [0.1, 0.15) is 29.2 Å². The van der Waals surface area contributed by atoms with E-state index < -0.39 is 0 Å². The second-order valence-electron chi connectivity index (χ2n) is 9.59. The van der Waals surface area contributed by atoms with Crippen molar-refractivity contribution < 1.29 is 4.74 Å². The molecule has 3 heterocycles. The molecule has 6 rings (SSSR count). The van der Waals surface area contributed by atoms with E-state index in [0.29, 0.717) is 11.3 Å². The number of benzene rings is 2. The predicted molar refractivity (Wildman–Crippen MR) is 152 cm³/mol. The molecule has 2 aromatic carbocycles. The minimum absolute atomic E-state index is 0.120. The van der Waals surface area contributed by atoms with Crippen molar-refractivity contribution in [3.05, 3.63) is 105 Å². The third kappa shape index (κ3) is 4.56. The Morgan fingerprint density at radius 3 is 2.26 bits per heavy atom. The molecule has 0 saturated carbocycles. The number of allylic oxidation sites excluding steroid dienone is 5. The lowest BCUT2D eigenvalue weighted by Gasteiger charge is -2.29. The summed E-state index contributed by atoms with van der Waals surface area (Å²) in [5.74, 6) is 1.42. The molecule has 186 valence electrons. The van der Waals surface area contributed by atoms with Crippen LogP contribution in [0.4, 0.5) is 5.13 Å². The average Bonchev–Trinajstić information content (AvgIpc) is 3.65. The minimum atomic E-state index is 0.120. The van der Waals surface area contributed by atoms with Gasteiger partial charge in [-0.3, -0.25) is 0 Å². The highest BCUT2D eigenvalue weighted by Gasteiger charge is 2.29. The summed E-state index contributed by atoms with van der Waals surface area (Å²) < 4.78 is 6.58. The first kappa shape index (κ1) is 24.0. The van der Waals surface area contributed by atoms with Crippen molar-refractivity contribution >= 4 is 28.3 Å². The van der Waals surface area contributed by atoms with Crippen molar-refractivity contribution in [3.8, 4) is 23.4 Å². The summed E-state index contributed by atoms with van der Waals surface area (Å²) in [6.07, 6.45) is 9.02. The molecule has 0 amide bonds. The minimum Gasteiger partial charge on any atom is -0.456 e. The summed E-state index contributed by atoms with van der Waals surface area (Å²) in [4.78, 5) is 8.58. The fraction of sp³-hybridized carbons (Fsp3) is 0.219. The molecule has 3 aromatic rings. The standard InChI is InChI=1S/C32H26N4OS/c33-20-25(21-34)27-19-28(22-10-3-1-4-11-22)37-31-24(14-9-15-26(27)31)18-29-30(23-12-5-2-6-13-23)35-32(38-29)36-16-7-8-17-36/h1-6,10-13,18-19H,7-9,14-17H2/b24-18+. The number of nitriles is 2. The van der Waals surface area contributed by atoms with Crippen LogP contribution in [0.3, 0.4) is 0 Å². The Labute approximate surface area is 226 Å². The summed E-state index contributed by atoms with van der Waals surface area (Å²) in [7, 11) is 0. The van der Waals surface area contributed by atoms with Crippen LogP contribution in [0.5, 0.6) is 0 Å². The van der Waals surface area contributed by atoms with E-state index in [1.165, 1.54) is 12.8 Å². The van der Waals surface area contributed by atoms with Gasteiger partial charge in [-0.05, 0) is 49.8 Å². The lowest BCUT2D eigenvalue weighted by Crippen LogP contribution is -2.17. The highest BCUT2D eigenvalue weighted by atomic mass is 32.1. The van der Waals surface area contributed by atoms with Crippen molar-refractivity contribution in [2.45, 2.75) is 32.1 Å². The zero-order chi connectivity index (χ0) is 25.9. The van der Waals surface area contributed by atoms with E-state index in [0.717, 1.165) is 76.1 Å². The number of ether oxygens (including phenoxy) is 1. The fourth-order valence-corrected chi connectivity index (χ4v) is 6.40. The lowest BCUT2D eigenvalue weighted by atomic mass is 9.84. The lowest BCUT2D eigenvalue weighted by molar-refractivity contribution is 0.369. The third-order valence-corrected chi connectivity index (χ3v) is 8.24. The maximum Gasteiger partial charge on any atom is 0.186 e. The van der Waals surface area contributed by atoms with Crippen LogP contribution in [0.25, 0.3) is 23.1 Å². The van der Waals surface area contributed by atoms with Crippen molar-refractivity contribution in [2.75, 3.05) is 18.0 Å². The maximum absolute atomic E-state index is 9.75. The molecular weight excluding hydrogens is 488 g/mol. The average molecular weight is 515 g/mol. The largest absolute Gasteiger partial charge is 0.456 e. The van der Waals surface area contributed by atoms with Crippen LogP contribution in [-0.2, 0) is 4.74 Å². The summed E-state index contributed by atoms with van der Waals surface area (Å²) in [5, 5.41) is 20.6. The van der Waals surface area contributed by atoms with Gasteiger partial charge in [-0.15, -0.1) is 0 Å². The molecule has 38 heavy (non-hydrogen) atoms. The van der Waals surface area contributed by atoms with E-state index in [-0.39, 0.29) is 5.57 Å². The molecule has 0 radical (unpaired) electrons. The summed E-state index contributed by atoms with van der Waals surface area (Å²) in [6.45, 7) is 2.08. The second-order valence-corrected chi connectivity index (χ2v) is 10.6. The number of rotatable bonds is 4. The fourth-order valence-electron chi connectivity index (χ4n) is 5.29. The first-order valence-electron chi connectivity index (χ1n) is 13.0. The van der Waals surface area contributed by atoms with Gasteiger partial charge in [-0.25, -0.2) is 4.98 Å². The highest BCUT2D eigenvalue weighted by Crippen LogP contribution is 2.45. The van der Waals surface area contributed by atoms with E-state index in [1.807, 2.05) is 54.6 Å². The number of nitrogens with zero attached hydrogens (tertiary/aromatic N) is 4. The van der Waals surface area contributed by atoms with Gasteiger partial charge >= 0.3 is 0 Å². The number of aromatic nitrogens is 1. The van der Waals surface area contributed by atoms with Gasteiger partial charge in [0.25, 0.3) is 0 Å². The van der Waals surface area contributed by atoms with Gasteiger partial charge in [-0.1, -0.05) is 72.0 Å². The van der Waals surface area contributed by atoms with Gasteiger partial charge in [0, 0.05) is 35.4 Å². The van der Waals surface area contributed by atoms with E-state index in [9.17, 15) is 10.5 Å². The van der Waals surface area contributed by atoms with Crippen LogP contribution in [-0.4, -0.2) is 18.1 Å². The zero-order valence-corrected chi connectivity index (χ0v) is 21.8. The molecule has 6 heteroatoms. The van der Waals surface area contributed by atoms with Crippen LogP contribution >= 0.6 is 11.3 Å². The predicted octanol–water partition coefficient (Wildman–Crippen LogP) is 7.65. The van der Waals surface area contributed by atoms with Gasteiger partial charge in [0.15, 0.2) is 5.13 Å². The Balaban J connectivity index is 1.49. The molecule has 0 bridgehead atoms. The molecule has 5 nitrogen and oxygen atoms in total. The number of hydrogen-bond donors (Lipinski definition) is 0. The number of hydrogen-bond acceptors (Lipinski definition) is 6. The van der Waals surface area contributed by atoms with Gasteiger partial charge in [0.2, 0.25) is 0 Å². The zero-order valence-electron chi connectivity index (χ0n) is 21.0. The highest BCUT2D eigenvalue weighted by molar-refractivity contribution is 7.17. The van der Waals surface area contributed by atoms with Gasteiger partial charge < -0.3 is 9.64 Å². The quantitative estimate of drug-likeness (QED) is 0.334. The van der Waals surface area contributed by atoms with Crippen molar-refractivity contribution in [1.82, 2.24) is 4.98 Å². The second kappa shape index (κ2) is 10.5. The first-order chi connectivity index (χ1) is 18.7. The topological polar surface area (TPSA) is 72.9 Å². The smallest absolute Gasteiger partial charge is 0.186 e. The molecular formula is C32H26N4OS. The van der Waals surface area contributed by atoms with Crippen LogP contribution < -0.4 is 4.90 Å². The Hall–Kier alpha value is -4.39. The molecule has 1 aromatic heterocycles. The number of anilines is 1. The third-order valence-electron chi connectivity index (χ3n) is 7.17. The Morgan fingerprint density at radius 2 is 1.58 bits per heavy atom. The Kier molecular flexibility index (Phi) is 6.65. The van der Waals surface area contributed by atoms with E-state index in [1.54, 1.807) is 11.3 Å². The molecule has 1 aliphatic carbocycles. The van der Waals surface area contributed by atoms with Crippen molar-refractivity contribution in [3.63, 3.8) is 0 Å². The molecule has 0 unspecified atom stereocenters. The molecule has 2 aliphatic heterocycles. The van der Waals surface area contributed by atoms with E-state index in [2.05, 4.69) is 35.2 Å². The van der Waals surface area contributed by atoms with Crippen LogP contribution in [0.1, 0.15) is 42.5 Å². The molecule has 3 aliphatic rings. The van der Waals surface area contributed by atoms with Crippen LogP contribution in [0.15, 0.2) is 94.8 Å². The van der Waals surface area contributed by atoms with E-state index >= 15 is 0 Å². The Morgan fingerprint density at radius 1 is 0.895 bits per heavy atom. The van der Waals surface area contributed by atoms with Crippen molar-refractivity contribution in [2.24, 2.45) is 0 Å².